The molecule has 1 saturated carbocycles. The molecule has 1 aromatic heterocycles. The average Bonchev–Trinajstić information content (AvgIpc) is 3.09. The summed E-state index contributed by atoms with van der Waals surface area (Å²) in [6.45, 7) is 6.13. The molecule has 124 valence electrons. The van der Waals surface area contributed by atoms with Crippen molar-refractivity contribution in [1.82, 2.24) is 20.0 Å². The standard InChI is InChI=1S/C16H27N5.HI/c1-3-17-16(18-10-15-8-9-19-20(15)2)21-11-13-6-4-5-7-14(13)12-21;/h8-9,13-14H,3-7,10-12H2,1-2H3,(H,17,18);1H. The van der Waals surface area contributed by atoms with Crippen molar-refractivity contribution in [3.05, 3.63) is 18.0 Å². The molecule has 0 spiro atoms. The number of aliphatic imine (C=N–C) groups is 1. The van der Waals surface area contributed by atoms with Crippen LogP contribution in [-0.4, -0.2) is 40.3 Å². The van der Waals surface area contributed by atoms with Crippen LogP contribution in [0, 0.1) is 11.8 Å². The van der Waals surface area contributed by atoms with Crippen molar-refractivity contribution in [2.75, 3.05) is 19.6 Å². The van der Waals surface area contributed by atoms with Crippen LogP contribution in [0.1, 0.15) is 38.3 Å². The van der Waals surface area contributed by atoms with Crippen molar-refractivity contribution in [2.24, 2.45) is 23.9 Å². The molecule has 2 unspecified atom stereocenters. The average molecular weight is 417 g/mol. The highest BCUT2D eigenvalue weighted by Gasteiger charge is 2.35. The van der Waals surface area contributed by atoms with Gasteiger partial charge in [0.1, 0.15) is 0 Å². The Labute approximate surface area is 150 Å². The zero-order valence-electron chi connectivity index (χ0n) is 13.7. The third-order valence-corrected chi connectivity index (χ3v) is 4.92. The fourth-order valence-corrected chi connectivity index (χ4v) is 3.72. The highest BCUT2D eigenvalue weighted by molar-refractivity contribution is 14.0. The Morgan fingerprint density at radius 3 is 2.55 bits per heavy atom. The number of aromatic nitrogens is 2. The Kier molecular flexibility index (Phi) is 6.52. The lowest BCUT2D eigenvalue weighted by molar-refractivity contribution is 0.299. The number of hydrogen-bond donors (Lipinski definition) is 1. The number of nitrogens with zero attached hydrogens (tertiary/aromatic N) is 4. The van der Waals surface area contributed by atoms with E-state index in [4.69, 9.17) is 4.99 Å². The Hall–Kier alpha value is -0.790. The van der Waals surface area contributed by atoms with Crippen LogP contribution in [0.15, 0.2) is 17.3 Å². The van der Waals surface area contributed by atoms with E-state index in [-0.39, 0.29) is 24.0 Å². The van der Waals surface area contributed by atoms with Crippen molar-refractivity contribution < 1.29 is 0 Å². The summed E-state index contributed by atoms with van der Waals surface area (Å²) < 4.78 is 1.90. The van der Waals surface area contributed by atoms with E-state index in [1.165, 1.54) is 38.8 Å². The summed E-state index contributed by atoms with van der Waals surface area (Å²) in [5.41, 5.74) is 1.15. The first-order chi connectivity index (χ1) is 10.3. The molecule has 1 aliphatic carbocycles. The van der Waals surface area contributed by atoms with E-state index in [0.29, 0.717) is 6.54 Å². The smallest absolute Gasteiger partial charge is 0.194 e. The summed E-state index contributed by atoms with van der Waals surface area (Å²) in [7, 11) is 1.97. The number of hydrogen-bond acceptors (Lipinski definition) is 2. The van der Waals surface area contributed by atoms with Crippen molar-refractivity contribution in [3.63, 3.8) is 0 Å². The van der Waals surface area contributed by atoms with Gasteiger partial charge in [0.25, 0.3) is 0 Å². The summed E-state index contributed by atoms with van der Waals surface area (Å²) in [5, 5.41) is 7.67. The largest absolute Gasteiger partial charge is 0.357 e. The molecule has 1 saturated heterocycles. The minimum atomic E-state index is 0. The van der Waals surface area contributed by atoms with E-state index in [9.17, 15) is 0 Å². The van der Waals surface area contributed by atoms with Crippen LogP contribution in [0.25, 0.3) is 0 Å². The van der Waals surface area contributed by atoms with Crippen molar-refractivity contribution in [3.8, 4) is 0 Å². The molecule has 22 heavy (non-hydrogen) atoms. The van der Waals surface area contributed by atoms with Gasteiger partial charge in [-0.2, -0.15) is 5.10 Å². The lowest BCUT2D eigenvalue weighted by Gasteiger charge is -2.22. The van der Waals surface area contributed by atoms with Crippen molar-refractivity contribution in [2.45, 2.75) is 39.2 Å². The van der Waals surface area contributed by atoms with E-state index in [2.05, 4.69) is 22.2 Å². The molecule has 6 heteroatoms. The topological polar surface area (TPSA) is 45.5 Å². The third-order valence-electron chi connectivity index (χ3n) is 4.92. The van der Waals surface area contributed by atoms with Crippen LogP contribution >= 0.6 is 24.0 Å². The summed E-state index contributed by atoms with van der Waals surface area (Å²) in [6, 6.07) is 2.04. The van der Waals surface area contributed by atoms with Gasteiger partial charge in [-0.25, -0.2) is 4.99 Å². The van der Waals surface area contributed by atoms with Crippen molar-refractivity contribution >= 4 is 29.9 Å². The van der Waals surface area contributed by atoms with Crippen LogP contribution in [-0.2, 0) is 13.6 Å². The lowest BCUT2D eigenvalue weighted by atomic mass is 9.82. The quantitative estimate of drug-likeness (QED) is 0.467. The maximum atomic E-state index is 4.83. The maximum Gasteiger partial charge on any atom is 0.194 e. The second-order valence-corrected chi connectivity index (χ2v) is 6.33. The molecule has 2 atom stereocenters. The Balaban J connectivity index is 0.00000176. The van der Waals surface area contributed by atoms with Crippen molar-refractivity contribution in [1.29, 1.82) is 0 Å². The molecule has 0 amide bonds. The number of halogens is 1. The zero-order valence-corrected chi connectivity index (χ0v) is 16.0. The van der Waals surface area contributed by atoms with E-state index < -0.39 is 0 Å². The number of guanidine groups is 1. The van der Waals surface area contributed by atoms with Gasteiger partial charge in [0.05, 0.1) is 12.2 Å². The third kappa shape index (κ3) is 3.94. The SMILES string of the molecule is CCNC(=NCc1ccnn1C)N1CC2CCCCC2C1.I. The number of likely N-dealkylation sites (tertiary alicyclic amines) is 1. The Morgan fingerprint density at radius 2 is 2.00 bits per heavy atom. The zero-order chi connectivity index (χ0) is 14.7. The molecular formula is C16H28IN5. The van der Waals surface area contributed by atoms with E-state index >= 15 is 0 Å². The molecule has 0 aromatic carbocycles. The molecule has 0 bridgehead atoms. The molecule has 5 nitrogen and oxygen atoms in total. The molecule has 1 aliphatic heterocycles. The molecule has 0 radical (unpaired) electrons. The van der Waals surface area contributed by atoms with Crippen LogP contribution in [0.5, 0.6) is 0 Å². The second kappa shape index (κ2) is 8.17. The van der Waals surface area contributed by atoms with Gasteiger partial charge >= 0.3 is 0 Å². The van der Waals surface area contributed by atoms with Crippen LogP contribution in [0.3, 0.4) is 0 Å². The summed E-state index contributed by atoms with van der Waals surface area (Å²) in [5.74, 6) is 2.85. The normalized spacial score (nSPS) is 24.8. The molecule has 2 heterocycles. The molecule has 2 fully saturated rings. The fraction of sp³-hybridized carbons (Fsp3) is 0.750. The van der Waals surface area contributed by atoms with Gasteiger partial charge in [0.15, 0.2) is 5.96 Å². The number of fused-ring (bicyclic) bond motifs is 1. The highest BCUT2D eigenvalue weighted by atomic mass is 127. The van der Waals surface area contributed by atoms with Gasteiger partial charge in [0.2, 0.25) is 0 Å². The van der Waals surface area contributed by atoms with Gasteiger partial charge in [-0.1, -0.05) is 12.8 Å². The number of aryl methyl sites for hydroxylation is 1. The van der Waals surface area contributed by atoms with Gasteiger partial charge in [-0.15, -0.1) is 24.0 Å². The highest BCUT2D eigenvalue weighted by Crippen LogP contribution is 2.35. The lowest BCUT2D eigenvalue weighted by Crippen LogP contribution is -2.40. The summed E-state index contributed by atoms with van der Waals surface area (Å²) in [4.78, 5) is 7.30. The summed E-state index contributed by atoms with van der Waals surface area (Å²) in [6.07, 6.45) is 7.47. The number of rotatable bonds is 3. The molecule has 2 aliphatic rings. The first kappa shape index (κ1) is 17.6. The first-order valence-electron chi connectivity index (χ1n) is 8.28. The first-order valence-corrected chi connectivity index (χ1v) is 8.28. The molecular weight excluding hydrogens is 389 g/mol. The Bertz CT molecular complexity index is 484. The molecule has 1 N–H and O–H groups in total. The Morgan fingerprint density at radius 1 is 1.32 bits per heavy atom. The minimum absolute atomic E-state index is 0. The second-order valence-electron chi connectivity index (χ2n) is 6.33. The van der Waals surface area contributed by atoms with Crippen LogP contribution < -0.4 is 5.32 Å². The maximum absolute atomic E-state index is 4.83. The summed E-state index contributed by atoms with van der Waals surface area (Å²) >= 11 is 0. The molecule has 3 rings (SSSR count). The fourth-order valence-electron chi connectivity index (χ4n) is 3.72. The van der Waals surface area contributed by atoms with Gasteiger partial charge in [-0.05, 0) is 37.7 Å². The molecule has 1 aromatic rings. The van der Waals surface area contributed by atoms with E-state index in [1.807, 2.05) is 24.0 Å². The minimum Gasteiger partial charge on any atom is -0.357 e. The number of nitrogens with one attached hydrogen (secondary N) is 1. The van der Waals surface area contributed by atoms with Crippen LogP contribution in [0.4, 0.5) is 0 Å². The van der Waals surface area contributed by atoms with E-state index in [0.717, 1.165) is 30.0 Å². The van der Waals surface area contributed by atoms with Gasteiger partial charge < -0.3 is 10.2 Å². The van der Waals surface area contributed by atoms with Crippen LogP contribution in [0.2, 0.25) is 0 Å². The van der Waals surface area contributed by atoms with Gasteiger partial charge in [0, 0.05) is 32.9 Å². The predicted octanol–water partition coefficient (Wildman–Crippen LogP) is 2.63. The predicted molar refractivity (Wildman–Crippen MR) is 100 cm³/mol. The van der Waals surface area contributed by atoms with E-state index in [1.54, 1.807) is 0 Å². The van der Waals surface area contributed by atoms with Gasteiger partial charge in [-0.3, -0.25) is 4.68 Å². The monoisotopic (exact) mass is 417 g/mol.